The Bertz CT molecular complexity index is 639. The molecule has 0 aromatic carbocycles. The zero-order valence-electron chi connectivity index (χ0n) is 17.0. The second-order valence-electron chi connectivity index (χ2n) is 3.76. The molecular formula is C19H15Fe2N3O8. The number of nitrogens with zero attached hydrogens (tertiary/aromatic N) is 3. The van der Waals surface area contributed by atoms with Gasteiger partial charge in [-0.05, 0) is 0 Å². The zero-order valence-corrected chi connectivity index (χ0v) is 19.3. The summed E-state index contributed by atoms with van der Waals surface area (Å²) in [5.74, 6) is 0. The van der Waals surface area contributed by atoms with E-state index in [1.165, 1.54) is 0 Å². The van der Waals surface area contributed by atoms with Gasteiger partial charge >= 0.3 is 203 Å². The summed E-state index contributed by atoms with van der Waals surface area (Å²) in [6, 6.07) is 5.88. The van der Waals surface area contributed by atoms with Crippen molar-refractivity contribution in [2.75, 3.05) is 28.2 Å². The molecule has 1 rings (SSSR count). The topological polar surface area (TPSA) is 179 Å². The van der Waals surface area contributed by atoms with Crippen molar-refractivity contribution in [3.05, 3.63) is 82.8 Å². The Labute approximate surface area is 203 Å². The summed E-state index contributed by atoms with van der Waals surface area (Å²) in [5, 5.41) is 0. The summed E-state index contributed by atoms with van der Waals surface area (Å²) < 4.78 is 61.8. The number of pyridine rings is 1. The van der Waals surface area contributed by atoms with Gasteiger partial charge in [0.05, 0.1) is 0 Å². The fourth-order valence-corrected chi connectivity index (χ4v) is 1.42. The number of hydrogen-bond donors (Lipinski definition) is 0. The van der Waals surface area contributed by atoms with Crippen LogP contribution in [0.3, 0.4) is 0 Å². The fourth-order valence-electron chi connectivity index (χ4n) is 1.12. The number of hydrogen-bond acceptors (Lipinski definition) is 3. The molecule has 0 spiro atoms. The predicted octanol–water partition coefficient (Wildman–Crippen LogP) is -0.0457. The van der Waals surface area contributed by atoms with Crippen molar-refractivity contribution < 1.29 is 68.4 Å². The van der Waals surface area contributed by atoms with Crippen LogP contribution in [-0.4, -0.2) is 52.1 Å². The Hall–Kier alpha value is -2.23. The molecule has 13 heteroatoms. The molecule has 32 heavy (non-hydrogen) atoms. The van der Waals surface area contributed by atoms with Gasteiger partial charge in [-0.15, -0.1) is 0 Å². The molecule has 0 radical (unpaired) electrons. The van der Waals surface area contributed by atoms with Crippen LogP contribution in [0.5, 0.6) is 0 Å². The van der Waals surface area contributed by atoms with E-state index in [1.807, 2.05) is 56.2 Å². The molecule has 11 nitrogen and oxygen atoms in total. The summed E-state index contributed by atoms with van der Waals surface area (Å²) in [6.07, 6.45) is 0. The minimum atomic E-state index is 0.880. The van der Waals surface area contributed by atoms with Gasteiger partial charge in [0.2, 0.25) is 0 Å². The molecule has 0 saturated carbocycles. The third kappa shape index (κ3) is 35.2. The fraction of sp³-hybridized carbons (Fsp3) is 0.211. The van der Waals surface area contributed by atoms with Gasteiger partial charge in [0, 0.05) is 0 Å². The molecule has 0 aliphatic heterocycles. The van der Waals surface area contributed by atoms with Crippen LogP contribution in [0, 0.1) is 53.2 Å². The van der Waals surface area contributed by atoms with E-state index in [-0.39, 0.29) is 0 Å². The average Bonchev–Trinajstić information content (AvgIpc) is 2.92. The van der Waals surface area contributed by atoms with Crippen LogP contribution in [-0.2, 0) is 68.4 Å². The van der Waals surface area contributed by atoms with E-state index in [4.69, 9.17) is 37.2 Å². The van der Waals surface area contributed by atoms with Crippen molar-refractivity contribution in [3.63, 3.8) is 0 Å². The molecular weight excluding hydrogens is 510 g/mol. The van der Waals surface area contributed by atoms with Gasteiger partial charge in [-0.3, -0.25) is 0 Å². The van der Waals surface area contributed by atoms with E-state index in [9.17, 15) is 0 Å². The summed E-state index contributed by atoms with van der Waals surface area (Å²) in [6.45, 7) is 36.0. The SMILES string of the molecule is CN(C)[C](=[Fe])c1cccc([C](=[Fe])N(C)C)n1.[C-]#[O+].[C-]#[O+].[C-]#[O+].[C-]#[O+].[C-]#[O+].[C-]#[O+].[C-]#[O+].[C-]#[O+]. The molecule has 170 valence electrons. The van der Waals surface area contributed by atoms with Crippen molar-refractivity contribution in [2.45, 2.75) is 0 Å². The van der Waals surface area contributed by atoms with Crippen molar-refractivity contribution in [3.8, 4) is 0 Å². The van der Waals surface area contributed by atoms with E-state index in [1.54, 1.807) is 0 Å². The molecule has 0 aliphatic carbocycles. The molecule has 1 heterocycles. The monoisotopic (exact) mass is 525 g/mol. The minimum absolute atomic E-state index is 0.880. The Morgan fingerprint density at radius 3 is 0.906 bits per heavy atom. The maximum absolute atomic E-state index is 7.50. The Kier molecular flexibility index (Phi) is 92.2. The van der Waals surface area contributed by atoms with E-state index in [0.29, 0.717) is 0 Å². The standard InChI is InChI=1S/C11H15N3.8CO.2Fe/c1-13(2)8-10-6-5-7-11(12-10)9-14(3)4;8*1-2;;/h5-7H,1-4H3;;;;;;;;;;. The maximum atomic E-state index is 7.50. The first-order chi connectivity index (χ1) is 15.4. The van der Waals surface area contributed by atoms with E-state index >= 15 is 0 Å². The van der Waals surface area contributed by atoms with Gasteiger partial charge in [0.15, 0.2) is 0 Å². The van der Waals surface area contributed by atoms with E-state index in [2.05, 4.69) is 89.3 Å². The Morgan fingerprint density at radius 2 is 0.750 bits per heavy atom. The molecule has 0 saturated heterocycles. The summed E-state index contributed by atoms with van der Waals surface area (Å²) >= 11 is 7.98. The van der Waals surface area contributed by atoms with E-state index in [0.717, 1.165) is 20.5 Å². The van der Waals surface area contributed by atoms with Gasteiger partial charge in [-0.1, -0.05) is 0 Å². The van der Waals surface area contributed by atoms with Crippen LogP contribution in [0.1, 0.15) is 11.4 Å². The van der Waals surface area contributed by atoms with E-state index < -0.39 is 0 Å². The third-order valence-corrected chi connectivity index (χ3v) is 3.48. The molecule has 0 N–H and O–H groups in total. The third-order valence-electron chi connectivity index (χ3n) is 1.92. The van der Waals surface area contributed by atoms with Crippen LogP contribution >= 0.6 is 0 Å². The normalized spacial score (nSPS) is 6.00. The molecule has 0 bridgehead atoms. The van der Waals surface area contributed by atoms with Crippen LogP contribution in [0.4, 0.5) is 0 Å². The first kappa shape index (κ1) is 52.0. The number of aromatic nitrogens is 1. The molecule has 0 amide bonds. The van der Waals surface area contributed by atoms with Gasteiger partial charge in [-0.2, -0.15) is 0 Å². The van der Waals surface area contributed by atoms with Crippen molar-refractivity contribution in [2.24, 2.45) is 0 Å². The van der Waals surface area contributed by atoms with Crippen LogP contribution < -0.4 is 0 Å². The molecule has 0 aliphatic rings. The summed E-state index contributed by atoms with van der Waals surface area (Å²) in [4.78, 5) is 8.43. The molecule has 0 unspecified atom stereocenters. The van der Waals surface area contributed by atoms with Crippen LogP contribution in [0.25, 0.3) is 0 Å². The van der Waals surface area contributed by atoms with Crippen LogP contribution in [0.2, 0.25) is 0 Å². The van der Waals surface area contributed by atoms with Gasteiger partial charge in [-0.25, -0.2) is 0 Å². The van der Waals surface area contributed by atoms with Gasteiger partial charge in [0.1, 0.15) is 0 Å². The first-order valence-electron chi connectivity index (χ1n) is 6.41. The average molecular weight is 525 g/mol. The first-order valence-corrected chi connectivity index (χ1v) is 7.52. The predicted molar refractivity (Wildman–Crippen MR) is 91.3 cm³/mol. The molecule has 1 aromatic rings. The second kappa shape index (κ2) is 56.8. The quantitative estimate of drug-likeness (QED) is 0.305. The summed E-state index contributed by atoms with van der Waals surface area (Å²) in [7, 11) is 7.82. The molecule has 1 aromatic heterocycles. The van der Waals surface area contributed by atoms with Gasteiger partial charge < -0.3 is 0 Å². The van der Waals surface area contributed by atoms with Gasteiger partial charge in [0.25, 0.3) is 0 Å². The van der Waals surface area contributed by atoms with Crippen LogP contribution in [0.15, 0.2) is 18.2 Å². The second-order valence-corrected chi connectivity index (χ2v) is 4.80. The van der Waals surface area contributed by atoms with Crippen molar-refractivity contribution in [1.82, 2.24) is 14.8 Å². The van der Waals surface area contributed by atoms with Crippen molar-refractivity contribution >= 4 is 9.08 Å². The number of rotatable bonds is 4. The Morgan fingerprint density at radius 1 is 0.562 bits per heavy atom. The molecule has 0 atom stereocenters. The Balaban J connectivity index is -0.0000000507. The summed E-state index contributed by atoms with van der Waals surface area (Å²) in [5.41, 5.74) is 1.76. The molecule has 0 fully saturated rings. The zero-order chi connectivity index (χ0) is 28.3. The van der Waals surface area contributed by atoms with Crippen molar-refractivity contribution in [1.29, 1.82) is 0 Å².